The maximum absolute atomic E-state index is 13.8. The molecule has 0 aliphatic carbocycles. The number of nitrogens with zero attached hydrogens (tertiary/aromatic N) is 2. The fraction of sp³-hybridized carbons (Fsp3) is 0.348. The van der Waals surface area contributed by atoms with Gasteiger partial charge in [0.1, 0.15) is 12.5 Å². The predicted octanol–water partition coefficient (Wildman–Crippen LogP) is 3.75. The number of benzene rings is 2. The van der Waals surface area contributed by atoms with Crippen molar-refractivity contribution in [1.82, 2.24) is 5.16 Å². The highest BCUT2D eigenvalue weighted by Gasteiger charge is 2.32. The summed E-state index contributed by atoms with van der Waals surface area (Å²) in [5.74, 6) is 0.744. The first-order valence-electron chi connectivity index (χ1n) is 10.3. The van der Waals surface area contributed by atoms with Crippen molar-refractivity contribution < 1.29 is 22.4 Å². The number of rotatable bonds is 10. The number of aryl methyl sites for hydroxylation is 1. The number of anilines is 1. The Hall–Kier alpha value is -2.72. The molecule has 0 saturated heterocycles. The van der Waals surface area contributed by atoms with Gasteiger partial charge in [0, 0.05) is 31.4 Å². The lowest BCUT2D eigenvalue weighted by atomic mass is 9.98. The first-order chi connectivity index (χ1) is 15.3. The van der Waals surface area contributed by atoms with Crippen LogP contribution in [0.2, 0.25) is 0 Å². The van der Waals surface area contributed by atoms with E-state index in [1.165, 1.54) is 7.11 Å². The van der Waals surface area contributed by atoms with Crippen LogP contribution >= 0.6 is 0 Å². The molecule has 0 spiro atoms. The average Bonchev–Trinajstić information content (AvgIpc) is 3.13. The van der Waals surface area contributed by atoms with Gasteiger partial charge in [-0.05, 0) is 43.5 Å². The lowest BCUT2D eigenvalue weighted by molar-refractivity contribution is 0.134. The van der Waals surface area contributed by atoms with Crippen LogP contribution in [0.5, 0.6) is 0 Å². The van der Waals surface area contributed by atoms with Gasteiger partial charge in [0.15, 0.2) is 5.82 Å². The van der Waals surface area contributed by atoms with Gasteiger partial charge in [0.05, 0.1) is 11.5 Å². The standard InChI is InChI=1S/C23H29N3O5S/c1-5-30-14-19-12-18(13-24)10-11-20(19)21-8-6-7-9-22(21)32(27,28)26(15-29-4)23-16(2)17(3)31-25-23/h6-12H,5,13-15,24H2,1-4H3. The highest BCUT2D eigenvalue weighted by Crippen LogP contribution is 2.35. The molecule has 3 aromatic rings. The summed E-state index contributed by atoms with van der Waals surface area (Å²) in [5.41, 5.74) is 9.58. The van der Waals surface area contributed by atoms with Crippen LogP contribution in [0.25, 0.3) is 11.1 Å². The van der Waals surface area contributed by atoms with E-state index in [0.29, 0.717) is 36.6 Å². The van der Waals surface area contributed by atoms with Gasteiger partial charge in [-0.25, -0.2) is 12.7 Å². The number of hydrogen-bond donors (Lipinski definition) is 1. The Morgan fingerprint density at radius 2 is 1.88 bits per heavy atom. The molecule has 2 aromatic carbocycles. The van der Waals surface area contributed by atoms with Gasteiger partial charge in [-0.15, -0.1) is 0 Å². The van der Waals surface area contributed by atoms with E-state index in [4.69, 9.17) is 19.7 Å². The lowest BCUT2D eigenvalue weighted by Crippen LogP contribution is -2.34. The van der Waals surface area contributed by atoms with Crippen LogP contribution in [0, 0.1) is 13.8 Å². The van der Waals surface area contributed by atoms with E-state index >= 15 is 0 Å². The van der Waals surface area contributed by atoms with Crippen LogP contribution in [-0.4, -0.2) is 34.0 Å². The summed E-state index contributed by atoms with van der Waals surface area (Å²) >= 11 is 0. The normalized spacial score (nSPS) is 11.7. The molecular formula is C23H29N3O5S. The molecule has 172 valence electrons. The molecule has 0 atom stereocenters. The summed E-state index contributed by atoms with van der Waals surface area (Å²) in [6, 6.07) is 12.6. The van der Waals surface area contributed by atoms with Crippen LogP contribution < -0.4 is 10.0 Å². The van der Waals surface area contributed by atoms with Gasteiger partial charge in [0.2, 0.25) is 0 Å². The quantitative estimate of drug-likeness (QED) is 0.460. The van der Waals surface area contributed by atoms with Crippen molar-refractivity contribution >= 4 is 15.8 Å². The van der Waals surface area contributed by atoms with Crippen LogP contribution in [0.15, 0.2) is 51.9 Å². The van der Waals surface area contributed by atoms with Gasteiger partial charge >= 0.3 is 0 Å². The monoisotopic (exact) mass is 459 g/mol. The number of aromatic nitrogens is 1. The molecule has 2 N–H and O–H groups in total. The molecule has 3 rings (SSSR count). The highest BCUT2D eigenvalue weighted by molar-refractivity contribution is 7.93. The van der Waals surface area contributed by atoms with Crippen molar-refractivity contribution in [2.45, 2.75) is 38.8 Å². The van der Waals surface area contributed by atoms with E-state index in [9.17, 15) is 8.42 Å². The van der Waals surface area contributed by atoms with Crippen LogP contribution in [0.4, 0.5) is 5.82 Å². The summed E-state index contributed by atoms with van der Waals surface area (Å²) in [5, 5.41) is 3.97. The molecule has 0 bridgehead atoms. The van der Waals surface area contributed by atoms with Gasteiger partial charge in [-0.3, -0.25) is 0 Å². The molecule has 0 radical (unpaired) electrons. The Morgan fingerprint density at radius 3 is 2.50 bits per heavy atom. The molecule has 32 heavy (non-hydrogen) atoms. The highest BCUT2D eigenvalue weighted by atomic mass is 32.2. The molecule has 0 aliphatic heterocycles. The summed E-state index contributed by atoms with van der Waals surface area (Å²) in [6.45, 7) is 6.46. The minimum atomic E-state index is -4.04. The van der Waals surface area contributed by atoms with Crippen molar-refractivity contribution in [3.05, 3.63) is 64.9 Å². The first kappa shape index (κ1) is 23.9. The summed E-state index contributed by atoms with van der Waals surface area (Å²) in [7, 11) is -2.60. The molecule has 0 amide bonds. The Labute approximate surface area is 189 Å². The number of hydrogen-bond acceptors (Lipinski definition) is 7. The van der Waals surface area contributed by atoms with E-state index in [2.05, 4.69) is 5.16 Å². The fourth-order valence-corrected chi connectivity index (χ4v) is 4.99. The topological polar surface area (TPSA) is 108 Å². The maximum atomic E-state index is 13.8. The first-order valence-corrected chi connectivity index (χ1v) is 11.7. The van der Waals surface area contributed by atoms with Crippen LogP contribution in [-0.2, 0) is 32.6 Å². The van der Waals surface area contributed by atoms with Crippen molar-refractivity contribution in [3.63, 3.8) is 0 Å². The van der Waals surface area contributed by atoms with Crippen molar-refractivity contribution in [1.29, 1.82) is 0 Å². The second kappa shape index (κ2) is 10.3. The van der Waals surface area contributed by atoms with Gasteiger partial charge in [0.25, 0.3) is 10.0 Å². The van der Waals surface area contributed by atoms with E-state index in [1.54, 1.807) is 32.0 Å². The Balaban J connectivity index is 2.18. The van der Waals surface area contributed by atoms with Gasteiger partial charge in [-0.2, -0.15) is 0 Å². The lowest BCUT2D eigenvalue weighted by Gasteiger charge is -2.23. The Bertz CT molecular complexity index is 1170. The van der Waals surface area contributed by atoms with Crippen LogP contribution in [0.3, 0.4) is 0 Å². The molecule has 9 heteroatoms. The summed E-state index contributed by atoms with van der Waals surface area (Å²) in [4.78, 5) is 0.135. The zero-order valence-electron chi connectivity index (χ0n) is 18.8. The molecule has 1 heterocycles. The third kappa shape index (κ3) is 4.71. The summed E-state index contributed by atoms with van der Waals surface area (Å²) < 4.78 is 44.9. The minimum Gasteiger partial charge on any atom is -0.377 e. The van der Waals surface area contributed by atoms with Crippen LogP contribution in [0.1, 0.15) is 29.4 Å². The second-order valence-corrected chi connectivity index (χ2v) is 9.12. The zero-order valence-corrected chi connectivity index (χ0v) is 19.6. The third-order valence-electron chi connectivity index (χ3n) is 5.23. The van der Waals surface area contributed by atoms with E-state index in [-0.39, 0.29) is 17.4 Å². The number of ether oxygens (including phenoxy) is 2. The number of sulfonamides is 1. The van der Waals surface area contributed by atoms with Crippen molar-refractivity contribution in [2.75, 3.05) is 24.8 Å². The molecule has 0 fully saturated rings. The SMILES string of the molecule is CCOCc1cc(CN)ccc1-c1ccccc1S(=O)(=O)N(COC)c1noc(C)c1C. The van der Waals surface area contributed by atoms with E-state index < -0.39 is 10.0 Å². The maximum Gasteiger partial charge on any atom is 0.268 e. The number of methoxy groups -OCH3 is 1. The van der Waals surface area contributed by atoms with Gasteiger partial charge < -0.3 is 19.7 Å². The van der Waals surface area contributed by atoms with E-state index in [1.807, 2.05) is 31.2 Å². The Morgan fingerprint density at radius 1 is 1.12 bits per heavy atom. The molecule has 0 aliphatic rings. The second-order valence-electron chi connectivity index (χ2n) is 7.29. The molecule has 1 aromatic heterocycles. The largest absolute Gasteiger partial charge is 0.377 e. The smallest absolute Gasteiger partial charge is 0.268 e. The molecule has 0 unspecified atom stereocenters. The fourth-order valence-electron chi connectivity index (χ4n) is 3.40. The van der Waals surface area contributed by atoms with Gasteiger partial charge in [-0.1, -0.05) is 41.6 Å². The summed E-state index contributed by atoms with van der Waals surface area (Å²) in [6.07, 6.45) is 0. The predicted molar refractivity (Wildman–Crippen MR) is 123 cm³/mol. The Kier molecular flexibility index (Phi) is 7.68. The van der Waals surface area contributed by atoms with Crippen molar-refractivity contribution in [3.8, 4) is 11.1 Å². The molecule has 0 saturated carbocycles. The molecule has 8 nitrogen and oxygen atoms in total. The van der Waals surface area contributed by atoms with Crippen molar-refractivity contribution in [2.24, 2.45) is 5.73 Å². The average molecular weight is 460 g/mol. The third-order valence-corrected chi connectivity index (χ3v) is 7.00. The molecular weight excluding hydrogens is 430 g/mol. The minimum absolute atomic E-state index is 0.135. The number of nitrogens with two attached hydrogens (primary N) is 1. The van der Waals surface area contributed by atoms with E-state index in [0.717, 1.165) is 21.0 Å². The zero-order chi connectivity index (χ0) is 23.3.